The van der Waals surface area contributed by atoms with E-state index in [0.717, 1.165) is 38.7 Å². The first-order chi connectivity index (χ1) is 9.97. The first-order valence-corrected chi connectivity index (χ1v) is 7.67. The predicted molar refractivity (Wildman–Crippen MR) is 93.1 cm³/mol. The molecule has 0 N–H and O–H groups in total. The second-order valence-corrected chi connectivity index (χ2v) is 6.37. The van der Waals surface area contributed by atoms with Crippen molar-refractivity contribution in [3.05, 3.63) is 80.8 Å². The molecule has 0 heterocycles. The van der Waals surface area contributed by atoms with Gasteiger partial charge in [0, 0.05) is 16.5 Å². The van der Waals surface area contributed by atoms with Gasteiger partial charge in [0.25, 0.3) is 0 Å². The van der Waals surface area contributed by atoms with Gasteiger partial charge in [-0.1, -0.05) is 54.1 Å². The van der Waals surface area contributed by atoms with Gasteiger partial charge in [-0.3, -0.25) is 0 Å². The van der Waals surface area contributed by atoms with E-state index in [9.17, 15) is 0 Å². The van der Waals surface area contributed by atoms with Gasteiger partial charge in [0.15, 0.2) is 0 Å². The number of benzene rings is 2. The molecule has 0 spiro atoms. The molecular weight excluding hydrogens is 299 g/mol. The summed E-state index contributed by atoms with van der Waals surface area (Å²) in [5.74, 6) is 0. The van der Waals surface area contributed by atoms with Crippen molar-refractivity contribution in [3.63, 3.8) is 0 Å². The fraction of sp³-hybridized carbons (Fsp3) is 0.158. The highest BCUT2D eigenvalue weighted by molar-refractivity contribution is 6.32. The summed E-state index contributed by atoms with van der Waals surface area (Å²) in [7, 11) is 0. The van der Waals surface area contributed by atoms with E-state index in [1.54, 1.807) is 0 Å². The summed E-state index contributed by atoms with van der Waals surface area (Å²) in [5.41, 5.74) is 8.07. The highest BCUT2D eigenvalue weighted by Gasteiger charge is 2.18. The van der Waals surface area contributed by atoms with Crippen molar-refractivity contribution >= 4 is 34.3 Å². The molecule has 2 aromatic rings. The number of aryl methyl sites for hydroxylation is 2. The van der Waals surface area contributed by atoms with Crippen LogP contribution < -0.4 is 0 Å². The lowest BCUT2D eigenvalue weighted by molar-refractivity contribution is 1.22. The van der Waals surface area contributed by atoms with Crippen molar-refractivity contribution in [1.82, 2.24) is 0 Å². The molecule has 0 aliphatic heterocycles. The summed E-state index contributed by atoms with van der Waals surface area (Å²) >= 11 is 12.6. The van der Waals surface area contributed by atoms with Gasteiger partial charge in [0.05, 0.1) is 0 Å². The van der Waals surface area contributed by atoms with Gasteiger partial charge < -0.3 is 0 Å². The third kappa shape index (κ3) is 2.54. The van der Waals surface area contributed by atoms with Gasteiger partial charge in [-0.2, -0.15) is 0 Å². The van der Waals surface area contributed by atoms with Gasteiger partial charge in [0.1, 0.15) is 0 Å². The number of fused-ring (bicyclic) bond motifs is 1. The average Bonchev–Trinajstić information content (AvgIpc) is 2.44. The predicted octanol–water partition coefficient (Wildman–Crippen LogP) is 6.26. The van der Waals surface area contributed by atoms with Crippen molar-refractivity contribution in [1.29, 1.82) is 0 Å². The molecule has 21 heavy (non-hydrogen) atoms. The maximum absolute atomic E-state index is 6.37. The molecule has 0 radical (unpaired) electrons. The van der Waals surface area contributed by atoms with E-state index in [-0.39, 0.29) is 0 Å². The molecule has 0 saturated carbocycles. The average molecular weight is 315 g/mol. The summed E-state index contributed by atoms with van der Waals surface area (Å²) in [6.07, 6.45) is 2.99. The van der Waals surface area contributed by atoms with E-state index in [1.165, 1.54) is 16.7 Å². The van der Waals surface area contributed by atoms with Crippen LogP contribution >= 0.6 is 23.2 Å². The highest BCUT2D eigenvalue weighted by Crippen LogP contribution is 2.38. The lowest BCUT2D eigenvalue weighted by Crippen LogP contribution is -2.04. The molecule has 0 bridgehead atoms. The van der Waals surface area contributed by atoms with Gasteiger partial charge >= 0.3 is 0 Å². The molecule has 1 aliphatic carbocycles. The summed E-state index contributed by atoms with van der Waals surface area (Å²) in [5, 5.41) is 1.62. The van der Waals surface area contributed by atoms with Crippen molar-refractivity contribution < 1.29 is 0 Å². The molecule has 0 aromatic heterocycles. The van der Waals surface area contributed by atoms with Crippen molar-refractivity contribution in [2.24, 2.45) is 0 Å². The normalized spacial score (nSPS) is 13.9. The Morgan fingerprint density at radius 3 is 2.48 bits per heavy atom. The molecule has 0 saturated heterocycles. The second-order valence-electron chi connectivity index (χ2n) is 5.55. The standard InChI is InChI=1S/C19H16Cl2/c1-11-7-14(10-17-15(11)5-4-6-18(17)20)16-8-13(3)19(21)9-12(16)2/h4-9H,1,10H2,2-3H3. The zero-order chi connectivity index (χ0) is 15.1. The number of halogens is 2. The maximum Gasteiger partial charge on any atom is 0.0447 e. The Kier molecular flexibility index (Phi) is 3.69. The first kappa shape index (κ1) is 14.4. The second kappa shape index (κ2) is 5.36. The van der Waals surface area contributed by atoms with E-state index in [2.05, 4.69) is 31.7 Å². The fourth-order valence-corrected chi connectivity index (χ4v) is 3.33. The summed E-state index contributed by atoms with van der Waals surface area (Å²) in [4.78, 5) is 0. The molecule has 0 atom stereocenters. The van der Waals surface area contributed by atoms with Gasteiger partial charge in [-0.05, 0) is 64.9 Å². The minimum atomic E-state index is 0.808. The van der Waals surface area contributed by atoms with Crippen LogP contribution in [-0.4, -0.2) is 0 Å². The Bertz CT molecular complexity index is 782. The molecule has 0 amide bonds. The molecular formula is C19H16Cl2. The first-order valence-electron chi connectivity index (χ1n) is 6.91. The van der Waals surface area contributed by atoms with E-state index in [0.29, 0.717) is 0 Å². The Hall–Kier alpha value is -1.50. The molecule has 2 aromatic carbocycles. The van der Waals surface area contributed by atoms with Gasteiger partial charge in [-0.25, -0.2) is 0 Å². The minimum absolute atomic E-state index is 0.808. The molecule has 0 unspecified atom stereocenters. The van der Waals surface area contributed by atoms with Crippen LogP contribution in [0.5, 0.6) is 0 Å². The van der Waals surface area contributed by atoms with Crippen molar-refractivity contribution in [3.8, 4) is 0 Å². The smallest absolute Gasteiger partial charge is 0.0447 e. The minimum Gasteiger partial charge on any atom is -0.0911 e. The summed E-state index contributed by atoms with van der Waals surface area (Å²) in [6, 6.07) is 10.2. The van der Waals surface area contributed by atoms with Crippen molar-refractivity contribution in [2.75, 3.05) is 0 Å². The lowest BCUT2D eigenvalue weighted by Gasteiger charge is -2.22. The zero-order valence-corrected chi connectivity index (χ0v) is 13.6. The lowest BCUT2D eigenvalue weighted by atomic mass is 9.84. The van der Waals surface area contributed by atoms with E-state index in [4.69, 9.17) is 23.2 Å². The number of allylic oxidation sites excluding steroid dienone is 3. The quantitative estimate of drug-likeness (QED) is 0.582. The number of hydrogen-bond acceptors (Lipinski definition) is 0. The molecule has 2 heteroatoms. The number of rotatable bonds is 1. The van der Waals surface area contributed by atoms with E-state index in [1.807, 2.05) is 25.1 Å². The molecule has 1 aliphatic rings. The topological polar surface area (TPSA) is 0 Å². The van der Waals surface area contributed by atoms with Crippen molar-refractivity contribution in [2.45, 2.75) is 20.3 Å². The maximum atomic E-state index is 6.37. The Morgan fingerprint density at radius 1 is 0.952 bits per heavy atom. The highest BCUT2D eigenvalue weighted by atomic mass is 35.5. The monoisotopic (exact) mass is 314 g/mol. The third-order valence-electron chi connectivity index (χ3n) is 4.03. The fourth-order valence-electron chi connectivity index (χ4n) is 2.87. The third-order valence-corrected chi connectivity index (χ3v) is 4.79. The molecule has 3 rings (SSSR count). The molecule has 0 nitrogen and oxygen atoms in total. The summed E-state index contributed by atoms with van der Waals surface area (Å²) in [6.45, 7) is 8.30. The molecule has 0 fully saturated rings. The van der Waals surface area contributed by atoms with Crippen LogP contribution in [0.4, 0.5) is 0 Å². The van der Waals surface area contributed by atoms with E-state index < -0.39 is 0 Å². The van der Waals surface area contributed by atoms with Gasteiger partial charge in [0.2, 0.25) is 0 Å². The molecule has 106 valence electrons. The van der Waals surface area contributed by atoms with E-state index >= 15 is 0 Å². The zero-order valence-electron chi connectivity index (χ0n) is 12.1. The Balaban J connectivity index is 2.12. The number of hydrogen-bond donors (Lipinski definition) is 0. The van der Waals surface area contributed by atoms with Crippen LogP contribution in [0.25, 0.3) is 11.1 Å². The van der Waals surface area contributed by atoms with Crippen LogP contribution in [0, 0.1) is 13.8 Å². The van der Waals surface area contributed by atoms with Crippen LogP contribution in [0.3, 0.4) is 0 Å². The van der Waals surface area contributed by atoms with Crippen LogP contribution in [0.2, 0.25) is 10.0 Å². The largest absolute Gasteiger partial charge is 0.0911 e. The van der Waals surface area contributed by atoms with Gasteiger partial charge in [-0.15, -0.1) is 0 Å². The SMILES string of the molecule is C=C1C=C(c2cc(C)c(Cl)cc2C)Cc2c(Cl)cccc21. The summed E-state index contributed by atoms with van der Waals surface area (Å²) < 4.78 is 0. The Labute approximate surface area is 135 Å². The van der Waals surface area contributed by atoms with Crippen LogP contribution in [-0.2, 0) is 6.42 Å². The van der Waals surface area contributed by atoms with Crippen LogP contribution in [0.1, 0.15) is 27.8 Å². The van der Waals surface area contributed by atoms with Crippen LogP contribution in [0.15, 0.2) is 43.0 Å². The Morgan fingerprint density at radius 2 is 1.71 bits per heavy atom.